The van der Waals surface area contributed by atoms with Gasteiger partial charge in [0.25, 0.3) is 17.4 Å². The molecule has 1 aliphatic rings. The summed E-state index contributed by atoms with van der Waals surface area (Å²) in [5.74, 6) is -0.748. The Morgan fingerprint density at radius 1 is 1.14 bits per heavy atom. The van der Waals surface area contributed by atoms with Crippen LogP contribution in [0.15, 0.2) is 29.2 Å². The molecule has 0 spiro atoms. The number of nitrogens with one attached hydrogen (secondary N) is 2. The van der Waals surface area contributed by atoms with Gasteiger partial charge in [0, 0.05) is 50.2 Å². The number of aromatic nitrogens is 3. The second-order valence-electron chi connectivity index (χ2n) is 8.75. The SMILES string of the molecule is Cc1cc(C)c(CNC(=O)c2c(C)c(C(=O)N3CCN(S(C)(=O)=O)CC3)n3ncccc23)c(=O)[nH]1. The van der Waals surface area contributed by atoms with Crippen LogP contribution in [-0.2, 0) is 16.6 Å². The van der Waals surface area contributed by atoms with Crippen LogP contribution in [0, 0.1) is 20.8 Å². The fourth-order valence-electron chi connectivity index (χ4n) is 4.48. The maximum absolute atomic E-state index is 13.4. The van der Waals surface area contributed by atoms with E-state index in [4.69, 9.17) is 0 Å². The van der Waals surface area contributed by atoms with Gasteiger partial charge in [-0.25, -0.2) is 12.9 Å². The average Bonchev–Trinajstić information content (AvgIpc) is 3.09. The fourth-order valence-corrected chi connectivity index (χ4v) is 5.30. The highest BCUT2D eigenvalue weighted by atomic mass is 32.2. The lowest BCUT2D eigenvalue weighted by Gasteiger charge is -2.33. The van der Waals surface area contributed by atoms with Gasteiger partial charge in [-0.3, -0.25) is 14.4 Å². The summed E-state index contributed by atoms with van der Waals surface area (Å²) in [4.78, 5) is 43.3. The summed E-state index contributed by atoms with van der Waals surface area (Å²) in [5.41, 5.74) is 3.20. The molecule has 1 aliphatic heterocycles. The molecule has 4 rings (SSSR count). The topological polar surface area (TPSA) is 137 Å². The number of H-pyrrole nitrogens is 1. The van der Waals surface area contributed by atoms with Gasteiger partial charge < -0.3 is 15.2 Å². The molecule has 1 fully saturated rings. The molecule has 12 heteroatoms. The quantitative estimate of drug-likeness (QED) is 0.526. The molecule has 0 bridgehead atoms. The van der Waals surface area contributed by atoms with Crippen LogP contribution in [0.3, 0.4) is 0 Å². The van der Waals surface area contributed by atoms with Gasteiger partial charge in [-0.2, -0.15) is 9.40 Å². The second kappa shape index (κ2) is 9.27. The molecule has 186 valence electrons. The number of carbonyl (C=O) groups is 2. The van der Waals surface area contributed by atoms with Gasteiger partial charge in [0.05, 0.1) is 17.3 Å². The third-order valence-corrected chi connectivity index (χ3v) is 7.60. The maximum atomic E-state index is 13.4. The predicted octanol–water partition coefficient (Wildman–Crippen LogP) is 0.595. The molecule has 2 N–H and O–H groups in total. The molecule has 35 heavy (non-hydrogen) atoms. The lowest BCUT2D eigenvalue weighted by Crippen LogP contribution is -2.50. The average molecular weight is 501 g/mol. The minimum atomic E-state index is -3.33. The normalized spacial score (nSPS) is 14.9. The summed E-state index contributed by atoms with van der Waals surface area (Å²) < 4.78 is 26.4. The van der Waals surface area contributed by atoms with Gasteiger partial charge in [-0.1, -0.05) is 0 Å². The Hall–Kier alpha value is -3.51. The molecule has 0 atom stereocenters. The third-order valence-electron chi connectivity index (χ3n) is 6.29. The second-order valence-corrected chi connectivity index (χ2v) is 10.7. The van der Waals surface area contributed by atoms with Crippen molar-refractivity contribution in [3.05, 3.63) is 68.4 Å². The fraction of sp³-hybridized carbons (Fsp3) is 0.391. The zero-order valence-corrected chi connectivity index (χ0v) is 20.9. The van der Waals surface area contributed by atoms with E-state index in [0.29, 0.717) is 22.2 Å². The van der Waals surface area contributed by atoms with Gasteiger partial charge in [0.1, 0.15) is 5.69 Å². The highest BCUT2D eigenvalue weighted by molar-refractivity contribution is 7.88. The van der Waals surface area contributed by atoms with E-state index in [9.17, 15) is 22.8 Å². The number of rotatable bonds is 5. The van der Waals surface area contributed by atoms with Gasteiger partial charge >= 0.3 is 0 Å². The molecule has 1 saturated heterocycles. The first-order valence-corrected chi connectivity index (χ1v) is 13.0. The number of amides is 2. The molecule has 3 aromatic rings. The van der Waals surface area contributed by atoms with Crippen molar-refractivity contribution in [2.45, 2.75) is 27.3 Å². The summed E-state index contributed by atoms with van der Waals surface area (Å²) in [6.45, 7) is 6.22. The number of fused-ring (bicyclic) bond motifs is 1. The maximum Gasteiger partial charge on any atom is 0.272 e. The number of hydrogen-bond acceptors (Lipinski definition) is 6. The summed E-state index contributed by atoms with van der Waals surface area (Å²) in [6.07, 6.45) is 2.68. The van der Waals surface area contributed by atoms with Gasteiger partial charge in [0.2, 0.25) is 10.0 Å². The highest BCUT2D eigenvalue weighted by Crippen LogP contribution is 2.24. The number of piperazine rings is 1. The van der Waals surface area contributed by atoms with Crippen molar-refractivity contribution in [1.29, 1.82) is 0 Å². The van der Waals surface area contributed by atoms with E-state index in [1.54, 1.807) is 30.9 Å². The summed E-state index contributed by atoms with van der Waals surface area (Å²) in [5, 5.41) is 7.10. The number of pyridine rings is 1. The zero-order valence-electron chi connectivity index (χ0n) is 20.1. The van der Waals surface area contributed by atoms with Crippen LogP contribution in [0.4, 0.5) is 0 Å². The van der Waals surface area contributed by atoms with Crippen molar-refractivity contribution in [3.8, 4) is 0 Å². The molecule has 4 heterocycles. The first-order valence-electron chi connectivity index (χ1n) is 11.2. The number of aromatic amines is 1. The minimum Gasteiger partial charge on any atom is -0.348 e. The molecular formula is C23H28N6O5S. The number of carbonyl (C=O) groups excluding carboxylic acids is 2. The molecule has 2 amide bonds. The minimum absolute atomic E-state index is 0.0358. The predicted molar refractivity (Wildman–Crippen MR) is 130 cm³/mol. The van der Waals surface area contributed by atoms with E-state index < -0.39 is 15.9 Å². The van der Waals surface area contributed by atoms with E-state index in [2.05, 4.69) is 15.4 Å². The van der Waals surface area contributed by atoms with Crippen LogP contribution in [0.25, 0.3) is 5.52 Å². The van der Waals surface area contributed by atoms with E-state index in [1.807, 2.05) is 13.0 Å². The van der Waals surface area contributed by atoms with Crippen molar-refractivity contribution >= 4 is 27.4 Å². The van der Waals surface area contributed by atoms with Crippen LogP contribution in [-0.4, -0.2) is 76.5 Å². The largest absolute Gasteiger partial charge is 0.348 e. The van der Waals surface area contributed by atoms with E-state index >= 15 is 0 Å². The van der Waals surface area contributed by atoms with E-state index in [0.717, 1.165) is 17.5 Å². The van der Waals surface area contributed by atoms with Crippen molar-refractivity contribution in [1.82, 2.24) is 29.1 Å². The number of nitrogens with zero attached hydrogens (tertiary/aromatic N) is 4. The summed E-state index contributed by atoms with van der Waals surface area (Å²) >= 11 is 0. The molecule has 0 saturated carbocycles. The summed E-state index contributed by atoms with van der Waals surface area (Å²) in [6, 6.07) is 5.23. The smallest absolute Gasteiger partial charge is 0.272 e. The van der Waals surface area contributed by atoms with Crippen LogP contribution < -0.4 is 10.9 Å². The first-order chi connectivity index (χ1) is 16.5. The summed E-state index contributed by atoms with van der Waals surface area (Å²) in [7, 11) is -3.33. The Kier molecular flexibility index (Phi) is 6.52. The Bertz CT molecular complexity index is 1480. The van der Waals surface area contributed by atoms with E-state index in [1.165, 1.54) is 15.0 Å². The third kappa shape index (κ3) is 4.71. The van der Waals surface area contributed by atoms with Crippen LogP contribution in [0.1, 0.15) is 43.2 Å². The molecule has 0 unspecified atom stereocenters. The lowest BCUT2D eigenvalue weighted by molar-refractivity contribution is 0.0689. The number of sulfonamides is 1. The van der Waals surface area contributed by atoms with Crippen LogP contribution >= 0.6 is 0 Å². The highest BCUT2D eigenvalue weighted by Gasteiger charge is 2.31. The molecule has 11 nitrogen and oxygen atoms in total. The number of aryl methyl sites for hydroxylation is 2. The number of hydrogen-bond donors (Lipinski definition) is 2. The molecule has 0 aliphatic carbocycles. The van der Waals surface area contributed by atoms with Crippen molar-refractivity contribution < 1.29 is 18.0 Å². The van der Waals surface area contributed by atoms with Gasteiger partial charge in [-0.15, -0.1) is 0 Å². The first kappa shape index (κ1) is 24.6. The zero-order chi connectivity index (χ0) is 25.5. The van der Waals surface area contributed by atoms with Gasteiger partial charge in [-0.05, 0) is 50.1 Å². The lowest BCUT2D eigenvalue weighted by atomic mass is 10.1. The molecule has 3 aromatic heterocycles. The Morgan fingerprint density at radius 2 is 1.83 bits per heavy atom. The van der Waals surface area contributed by atoms with Crippen LogP contribution in [0.2, 0.25) is 0 Å². The molecule has 0 radical (unpaired) electrons. The standard InChI is InChI=1S/C23H28N6O5S/c1-14-12-15(2)26-21(30)17(14)13-24-22(31)19-16(3)20(29-18(19)6-5-7-25-29)23(32)27-8-10-28(11-9-27)35(4,33)34/h5-7,12H,8-11,13H2,1-4H3,(H,24,31)(H,26,30). The van der Waals surface area contributed by atoms with Crippen molar-refractivity contribution in [2.75, 3.05) is 32.4 Å². The molecule has 0 aromatic carbocycles. The molecular weight excluding hydrogens is 472 g/mol. The Morgan fingerprint density at radius 3 is 2.46 bits per heavy atom. The van der Waals surface area contributed by atoms with Crippen molar-refractivity contribution in [2.24, 2.45) is 0 Å². The Balaban J connectivity index is 1.63. The van der Waals surface area contributed by atoms with E-state index in [-0.39, 0.29) is 49.9 Å². The van der Waals surface area contributed by atoms with Gasteiger partial charge in [0.15, 0.2) is 0 Å². The van der Waals surface area contributed by atoms with Crippen LogP contribution in [0.5, 0.6) is 0 Å². The Labute approximate surface area is 202 Å². The monoisotopic (exact) mass is 500 g/mol. The van der Waals surface area contributed by atoms with Crippen molar-refractivity contribution in [3.63, 3.8) is 0 Å².